The Hall–Kier alpha value is -3.22. The molecule has 7 nitrogen and oxygen atoms in total. The SMILES string of the molecule is O=C(CCc1nnc(-c2ccccn2)o1)Nc1ccc(N2CCCC2)cc1. The summed E-state index contributed by atoms with van der Waals surface area (Å²) in [4.78, 5) is 18.7. The minimum Gasteiger partial charge on any atom is -0.419 e. The van der Waals surface area contributed by atoms with E-state index < -0.39 is 0 Å². The number of carbonyl (C=O) groups is 1. The van der Waals surface area contributed by atoms with Crippen LogP contribution in [-0.4, -0.2) is 34.2 Å². The first-order chi connectivity index (χ1) is 13.3. The second kappa shape index (κ2) is 7.99. The number of aromatic nitrogens is 3. The number of anilines is 2. The summed E-state index contributed by atoms with van der Waals surface area (Å²) in [5.41, 5.74) is 2.62. The monoisotopic (exact) mass is 363 g/mol. The van der Waals surface area contributed by atoms with Gasteiger partial charge in [-0.25, -0.2) is 0 Å². The molecule has 0 bridgehead atoms. The van der Waals surface area contributed by atoms with Crippen molar-refractivity contribution in [1.29, 1.82) is 0 Å². The smallest absolute Gasteiger partial charge is 0.266 e. The lowest BCUT2D eigenvalue weighted by molar-refractivity contribution is -0.116. The minimum absolute atomic E-state index is 0.0819. The summed E-state index contributed by atoms with van der Waals surface area (Å²) in [6, 6.07) is 13.5. The molecule has 0 spiro atoms. The molecule has 0 aliphatic carbocycles. The van der Waals surface area contributed by atoms with Gasteiger partial charge in [0, 0.05) is 43.5 Å². The lowest BCUT2D eigenvalue weighted by Gasteiger charge is -2.17. The molecule has 0 saturated carbocycles. The Morgan fingerprint density at radius 2 is 1.89 bits per heavy atom. The number of nitrogens with zero attached hydrogens (tertiary/aromatic N) is 4. The van der Waals surface area contributed by atoms with Crippen LogP contribution in [0.1, 0.15) is 25.2 Å². The Bertz CT molecular complexity index is 886. The van der Waals surface area contributed by atoms with Gasteiger partial charge in [0.05, 0.1) is 0 Å². The zero-order valence-corrected chi connectivity index (χ0v) is 15.0. The van der Waals surface area contributed by atoms with Gasteiger partial charge in [-0.2, -0.15) is 0 Å². The van der Waals surface area contributed by atoms with Crippen LogP contribution in [0.4, 0.5) is 11.4 Å². The van der Waals surface area contributed by atoms with Crippen LogP contribution < -0.4 is 10.2 Å². The third-order valence-corrected chi connectivity index (χ3v) is 4.54. The molecule has 3 heterocycles. The summed E-state index contributed by atoms with van der Waals surface area (Å²) in [6.45, 7) is 2.22. The predicted octanol–water partition coefficient (Wildman–Crippen LogP) is 3.30. The lowest BCUT2D eigenvalue weighted by atomic mass is 10.2. The van der Waals surface area contributed by atoms with Crippen molar-refractivity contribution in [1.82, 2.24) is 15.2 Å². The maximum absolute atomic E-state index is 12.2. The molecule has 4 rings (SSSR count). The Labute approximate surface area is 157 Å². The molecule has 2 aromatic heterocycles. The summed E-state index contributed by atoms with van der Waals surface area (Å²) >= 11 is 0. The van der Waals surface area contributed by atoms with E-state index in [-0.39, 0.29) is 12.3 Å². The highest BCUT2D eigenvalue weighted by Gasteiger charge is 2.13. The van der Waals surface area contributed by atoms with Gasteiger partial charge in [-0.15, -0.1) is 10.2 Å². The summed E-state index contributed by atoms with van der Waals surface area (Å²) < 4.78 is 5.57. The van der Waals surface area contributed by atoms with Crippen LogP contribution >= 0.6 is 0 Å². The van der Waals surface area contributed by atoms with Crippen molar-refractivity contribution < 1.29 is 9.21 Å². The first-order valence-corrected chi connectivity index (χ1v) is 9.16. The van der Waals surface area contributed by atoms with Crippen molar-refractivity contribution in [3.8, 4) is 11.6 Å². The summed E-state index contributed by atoms with van der Waals surface area (Å²) in [6.07, 6.45) is 4.82. The molecular weight excluding hydrogens is 342 g/mol. The van der Waals surface area contributed by atoms with Gasteiger partial charge in [0.15, 0.2) is 0 Å². The highest BCUT2D eigenvalue weighted by Crippen LogP contribution is 2.22. The van der Waals surface area contributed by atoms with Crippen molar-refractivity contribution in [3.63, 3.8) is 0 Å². The van der Waals surface area contributed by atoms with Crippen molar-refractivity contribution in [2.24, 2.45) is 0 Å². The molecule has 1 fully saturated rings. The van der Waals surface area contributed by atoms with Crippen LogP contribution in [0.3, 0.4) is 0 Å². The van der Waals surface area contributed by atoms with E-state index in [2.05, 4.69) is 37.5 Å². The molecule has 1 aromatic carbocycles. The van der Waals surface area contributed by atoms with Gasteiger partial charge in [-0.3, -0.25) is 9.78 Å². The van der Waals surface area contributed by atoms with Crippen molar-refractivity contribution in [2.45, 2.75) is 25.7 Å². The molecule has 1 amide bonds. The van der Waals surface area contributed by atoms with Crippen LogP contribution in [0.15, 0.2) is 53.1 Å². The van der Waals surface area contributed by atoms with Crippen molar-refractivity contribution in [3.05, 3.63) is 54.6 Å². The summed E-state index contributed by atoms with van der Waals surface area (Å²) in [5.74, 6) is 0.709. The molecule has 0 radical (unpaired) electrons. The maximum Gasteiger partial charge on any atom is 0.266 e. The zero-order chi connectivity index (χ0) is 18.5. The molecule has 1 saturated heterocycles. The standard InChI is InChI=1S/C20H21N5O2/c26-18(22-15-6-8-16(9-7-15)25-13-3-4-14-25)10-11-19-23-24-20(27-19)17-5-1-2-12-21-17/h1-2,5-9,12H,3-4,10-11,13-14H2,(H,22,26). The van der Waals surface area contributed by atoms with Gasteiger partial charge in [0.2, 0.25) is 11.8 Å². The molecule has 27 heavy (non-hydrogen) atoms. The quantitative estimate of drug-likeness (QED) is 0.723. The number of amides is 1. The van der Waals surface area contributed by atoms with E-state index in [1.807, 2.05) is 24.3 Å². The van der Waals surface area contributed by atoms with Gasteiger partial charge < -0.3 is 14.6 Å². The van der Waals surface area contributed by atoms with Crippen LogP contribution in [0, 0.1) is 0 Å². The fourth-order valence-corrected chi connectivity index (χ4v) is 3.12. The molecule has 3 aromatic rings. The van der Waals surface area contributed by atoms with Crippen LogP contribution in [0.5, 0.6) is 0 Å². The Morgan fingerprint density at radius 1 is 1.07 bits per heavy atom. The minimum atomic E-state index is -0.0819. The highest BCUT2D eigenvalue weighted by atomic mass is 16.4. The number of rotatable bonds is 6. The van der Waals surface area contributed by atoms with E-state index in [1.165, 1.54) is 18.5 Å². The van der Waals surface area contributed by atoms with Gasteiger partial charge >= 0.3 is 0 Å². The number of carbonyl (C=O) groups excluding carboxylic acids is 1. The third-order valence-electron chi connectivity index (χ3n) is 4.54. The number of aryl methyl sites for hydroxylation is 1. The van der Waals surface area contributed by atoms with Crippen molar-refractivity contribution in [2.75, 3.05) is 23.3 Å². The van der Waals surface area contributed by atoms with E-state index in [9.17, 15) is 4.79 Å². The van der Waals surface area contributed by atoms with Crippen LogP contribution in [0.25, 0.3) is 11.6 Å². The molecule has 1 aliphatic heterocycles. The molecule has 1 aliphatic rings. The maximum atomic E-state index is 12.2. The lowest BCUT2D eigenvalue weighted by Crippen LogP contribution is -2.17. The topological polar surface area (TPSA) is 84.1 Å². The molecule has 0 unspecified atom stereocenters. The summed E-state index contributed by atoms with van der Waals surface area (Å²) in [5, 5.41) is 10.9. The second-order valence-corrected chi connectivity index (χ2v) is 6.51. The van der Waals surface area contributed by atoms with E-state index in [0.29, 0.717) is 23.9 Å². The molecule has 1 N–H and O–H groups in total. The van der Waals surface area contributed by atoms with E-state index in [4.69, 9.17) is 4.42 Å². The second-order valence-electron chi connectivity index (χ2n) is 6.51. The molecule has 138 valence electrons. The largest absolute Gasteiger partial charge is 0.419 e. The fourth-order valence-electron chi connectivity index (χ4n) is 3.12. The van der Waals surface area contributed by atoms with Crippen LogP contribution in [-0.2, 0) is 11.2 Å². The summed E-state index contributed by atoms with van der Waals surface area (Å²) in [7, 11) is 0. The van der Waals surface area contributed by atoms with Gasteiger partial charge in [-0.05, 0) is 49.2 Å². The average Bonchev–Trinajstić information content (AvgIpc) is 3.40. The average molecular weight is 363 g/mol. The van der Waals surface area contributed by atoms with Gasteiger partial charge in [-0.1, -0.05) is 6.07 Å². The van der Waals surface area contributed by atoms with Gasteiger partial charge in [0.25, 0.3) is 5.89 Å². The molecule has 7 heteroatoms. The number of benzene rings is 1. The number of pyridine rings is 1. The number of nitrogens with one attached hydrogen (secondary N) is 1. The van der Waals surface area contributed by atoms with Crippen molar-refractivity contribution >= 4 is 17.3 Å². The first kappa shape index (κ1) is 17.2. The number of hydrogen-bond donors (Lipinski definition) is 1. The molecular formula is C20H21N5O2. The Balaban J connectivity index is 1.29. The Morgan fingerprint density at radius 3 is 2.63 bits per heavy atom. The first-order valence-electron chi connectivity index (χ1n) is 9.16. The zero-order valence-electron chi connectivity index (χ0n) is 15.0. The van der Waals surface area contributed by atoms with E-state index in [0.717, 1.165) is 18.8 Å². The predicted molar refractivity (Wildman–Crippen MR) is 102 cm³/mol. The van der Waals surface area contributed by atoms with E-state index >= 15 is 0 Å². The fraction of sp³-hybridized carbons (Fsp3) is 0.300. The normalized spacial score (nSPS) is 13.7. The Kier molecular flexibility index (Phi) is 5.09. The molecule has 0 atom stereocenters. The number of hydrogen-bond acceptors (Lipinski definition) is 6. The van der Waals surface area contributed by atoms with Gasteiger partial charge in [0.1, 0.15) is 5.69 Å². The highest BCUT2D eigenvalue weighted by molar-refractivity contribution is 5.90. The van der Waals surface area contributed by atoms with E-state index in [1.54, 1.807) is 12.3 Å². The van der Waals surface area contributed by atoms with Crippen LogP contribution in [0.2, 0.25) is 0 Å². The third kappa shape index (κ3) is 4.31.